The number of hydrogen-bond donors (Lipinski definition) is 2. The maximum Gasteiger partial charge on any atom is 0.244 e. The first-order valence-electron chi connectivity index (χ1n) is 7.85. The Morgan fingerprint density at radius 1 is 1.43 bits per heavy atom. The molecular weight excluding hydrogens is 298 g/mol. The lowest BCUT2D eigenvalue weighted by molar-refractivity contribution is -0.144. The maximum absolute atomic E-state index is 12.4. The first kappa shape index (κ1) is 17.4. The summed E-state index contributed by atoms with van der Waals surface area (Å²) in [6.07, 6.45) is 3.24. The van der Waals surface area contributed by atoms with E-state index in [4.69, 9.17) is 10.5 Å². The molecular formula is C15H25N5O3. The molecule has 23 heavy (non-hydrogen) atoms. The molecule has 3 N–H and O–H groups in total. The van der Waals surface area contributed by atoms with Crippen LogP contribution in [0.4, 0.5) is 5.69 Å². The molecule has 0 saturated carbocycles. The molecule has 0 bridgehead atoms. The van der Waals surface area contributed by atoms with Crippen LogP contribution in [0.3, 0.4) is 0 Å². The number of hydrogen-bond acceptors (Lipinski definition) is 5. The van der Waals surface area contributed by atoms with E-state index < -0.39 is 0 Å². The lowest BCUT2D eigenvalue weighted by Gasteiger charge is -2.35. The van der Waals surface area contributed by atoms with E-state index >= 15 is 0 Å². The second-order valence-electron chi connectivity index (χ2n) is 6.11. The molecule has 2 heterocycles. The molecule has 8 nitrogen and oxygen atoms in total. The molecule has 3 atom stereocenters. The lowest BCUT2D eigenvalue weighted by Crippen LogP contribution is -2.49. The third-order valence-electron chi connectivity index (χ3n) is 3.77. The van der Waals surface area contributed by atoms with E-state index in [1.165, 1.54) is 10.9 Å². The number of ether oxygens (including phenoxy) is 1. The van der Waals surface area contributed by atoms with Crippen molar-refractivity contribution in [2.75, 3.05) is 25.0 Å². The van der Waals surface area contributed by atoms with Gasteiger partial charge in [-0.25, -0.2) is 0 Å². The molecule has 1 aliphatic heterocycles. The van der Waals surface area contributed by atoms with Crippen molar-refractivity contribution in [3.05, 3.63) is 12.4 Å². The average molecular weight is 323 g/mol. The Labute approximate surface area is 135 Å². The van der Waals surface area contributed by atoms with E-state index in [2.05, 4.69) is 10.4 Å². The summed E-state index contributed by atoms with van der Waals surface area (Å²) >= 11 is 0. The number of anilines is 1. The van der Waals surface area contributed by atoms with Crippen molar-refractivity contribution in [1.82, 2.24) is 14.7 Å². The van der Waals surface area contributed by atoms with Crippen LogP contribution >= 0.6 is 0 Å². The van der Waals surface area contributed by atoms with E-state index in [0.717, 1.165) is 0 Å². The number of nitrogens with zero attached hydrogens (tertiary/aromatic N) is 3. The van der Waals surface area contributed by atoms with Gasteiger partial charge in [0.1, 0.15) is 6.54 Å². The SMILES string of the molecule is CC1CN(C(=O)Cn2cc(NC(=O)C(C)CN)cn2)CC(C)O1. The van der Waals surface area contributed by atoms with Gasteiger partial charge in [-0.05, 0) is 13.8 Å². The van der Waals surface area contributed by atoms with Crippen LogP contribution in [0.25, 0.3) is 0 Å². The van der Waals surface area contributed by atoms with Crippen LogP contribution in [0.2, 0.25) is 0 Å². The molecule has 1 fully saturated rings. The summed E-state index contributed by atoms with van der Waals surface area (Å²) in [4.78, 5) is 25.9. The first-order valence-corrected chi connectivity index (χ1v) is 7.85. The molecule has 1 aliphatic rings. The van der Waals surface area contributed by atoms with Gasteiger partial charge in [-0.2, -0.15) is 5.10 Å². The van der Waals surface area contributed by atoms with Crippen molar-refractivity contribution < 1.29 is 14.3 Å². The maximum atomic E-state index is 12.4. The smallest absolute Gasteiger partial charge is 0.244 e. The molecule has 2 amide bonds. The highest BCUT2D eigenvalue weighted by molar-refractivity contribution is 5.92. The van der Waals surface area contributed by atoms with Crippen LogP contribution in [0.1, 0.15) is 20.8 Å². The lowest BCUT2D eigenvalue weighted by atomic mass is 10.2. The van der Waals surface area contributed by atoms with Crippen LogP contribution in [0.5, 0.6) is 0 Å². The number of amides is 2. The number of carbonyl (C=O) groups excluding carboxylic acids is 2. The van der Waals surface area contributed by atoms with Gasteiger partial charge in [0.05, 0.1) is 24.1 Å². The van der Waals surface area contributed by atoms with Crippen LogP contribution in [0, 0.1) is 5.92 Å². The van der Waals surface area contributed by atoms with E-state index in [1.807, 2.05) is 13.8 Å². The first-order chi connectivity index (χ1) is 10.9. The highest BCUT2D eigenvalue weighted by Gasteiger charge is 2.26. The number of aromatic nitrogens is 2. The Morgan fingerprint density at radius 3 is 2.70 bits per heavy atom. The highest BCUT2D eigenvalue weighted by atomic mass is 16.5. The zero-order valence-electron chi connectivity index (χ0n) is 13.9. The summed E-state index contributed by atoms with van der Waals surface area (Å²) in [7, 11) is 0. The molecule has 1 aromatic rings. The Balaban J connectivity index is 1.91. The molecule has 1 saturated heterocycles. The minimum absolute atomic E-state index is 0.0108. The molecule has 2 rings (SSSR count). The highest BCUT2D eigenvalue weighted by Crippen LogP contribution is 2.12. The van der Waals surface area contributed by atoms with Gasteiger partial charge in [0.2, 0.25) is 11.8 Å². The fraction of sp³-hybridized carbons (Fsp3) is 0.667. The molecule has 3 unspecified atom stereocenters. The fourth-order valence-electron chi connectivity index (χ4n) is 2.51. The van der Waals surface area contributed by atoms with Gasteiger partial charge in [0.15, 0.2) is 0 Å². The molecule has 0 aromatic carbocycles. The number of carbonyl (C=O) groups is 2. The van der Waals surface area contributed by atoms with Gasteiger partial charge in [-0.1, -0.05) is 6.92 Å². The second kappa shape index (κ2) is 7.56. The van der Waals surface area contributed by atoms with Crippen LogP contribution < -0.4 is 11.1 Å². The predicted octanol–water partition coefficient (Wildman–Crippen LogP) is 0.0522. The van der Waals surface area contributed by atoms with Gasteiger partial charge >= 0.3 is 0 Å². The molecule has 1 aromatic heterocycles. The Morgan fingerprint density at radius 2 is 2.09 bits per heavy atom. The quantitative estimate of drug-likeness (QED) is 0.797. The zero-order valence-corrected chi connectivity index (χ0v) is 13.9. The third kappa shape index (κ3) is 4.77. The predicted molar refractivity (Wildman–Crippen MR) is 85.7 cm³/mol. The third-order valence-corrected chi connectivity index (χ3v) is 3.77. The zero-order chi connectivity index (χ0) is 17.0. The summed E-state index contributed by atoms with van der Waals surface area (Å²) in [6, 6.07) is 0. The summed E-state index contributed by atoms with van der Waals surface area (Å²) in [5.74, 6) is -0.436. The number of nitrogens with two attached hydrogens (primary N) is 1. The summed E-state index contributed by atoms with van der Waals surface area (Å²) in [5, 5.41) is 6.85. The van der Waals surface area contributed by atoms with E-state index in [9.17, 15) is 9.59 Å². The molecule has 128 valence electrons. The van der Waals surface area contributed by atoms with E-state index in [-0.39, 0.29) is 43.0 Å². The van der Waals surface area contributed by atoms with E-state index in [0.29, 0.717) is 18.8 Å². The van der Waals surface area contributed by atoms with E-state index in [1.54, 1.807) is 18.0 Å². The minimum atomic E-state index is -0.267. The molecule has 8 heteroatoms. The summed E-state index contributed by atoms with van der Waals surface area (Å²) < 4.78 is 7.15. The van der Waals surface area contributed by atoms with Crippen molar-refractivity contribution in [3.8, 4) is 0 Å². The van der Waals surface area contributed by atoms with Crippen molar-refractivity contribution in [2.45, 2.75) is 39.5 Å². The van der Waals surface area contributed by atoms with Crippen molar-refractivity contribution >= 4 is 17.5 Å². The monoisotopic (exact) mass is 323 g/mol. The Kier molecular flexibility index (Phi) is 5.73. The van der Waals surface area contributed by atoms with Gasteiger partial charge in [0, 0.05) is 31.7 Å². The van der Waals surface area contributed by atoms with Crippen molar-refractivity contribution in [1.29, 1.82) is 0 Å². The summed E-state index contributed by atoms with van der Waals surface area (Å²) in [5.41, 5.74) is 6.02. The fourth-order valence-corrected chi connectivity index (χ4v) is 2.51. The summed E-state index contributed by atoms with van der Waals surface area (Å²) in [6.45, 7) is 7.26. The number of morpholine rings is 1. The number of rotatable bonds is 5. The Hall–Kier alpha value is -1.93. The average Bonchev–Trinajstić information content (AvgIpc) is 2.92. The van der Waals surface area contributed by atoms with Gasteiger partial charge in [-0.15, -0.1) is 0 Å². The second-order valence-corrected chi connectivity index (χ2v) is 6.11. The van der Waals surface area contributed by atoms with Crippen molar-refractivity contribution in [2.24, 2.45) is 11.7 Å². The van der Waals surface area contributed by atoms with Crippen LogP contribution in [0.15, 0.2) is 12.4 Å². The Bertz CT molecular complexity index is 549. The van der Waals surface area contributed by atoms with Gasteiger partial charge < -0.3 is 20.7 Å². The standard InChI is InChI=1S/C15H25N5O3/c1-10(4-16)15(22)18-13-5-17-20(8-13)9-14(21)19-6-11(2)23-12(3)7-19/h5,8,10-12H,4,6-7,9,16H2,1-3H3,(H,18,22). The largest absolute Gasteiger partial charge is 0.372 e. The normalized spacial score (nSPS) is 22.7. The minimum Gasteiger partial charge on any atom is -0.372 e. The molecule has 0 spiro atoms. The topological polar surface area (TPSA) is 102 Å². The van der Waals surface area contributed by atoms with Crippen LogP contribution in [-0.2, 0) is 20.9 Å². The molecule has 0 aliphatic carbocycles. The van der Waals surface area contributed by atoms with Gasteiger partial charge in [0.25, 0.3) is 0 Å². The van der Waals surface area contributed by atoms with Crippen LogP contribution in [-0.4, -0.2) is 58.3 Å². The van der Waals surface area contributed by atoms with Crippen molar-refractivity contribution in [3.63, 3.8) is 0 Å². The number of nitrogens with one attached hydrogen (secondary N) is 1. The molecule has 0 radical (unpaired) electrons. The van der Waals surface area contributed by atoms with Gasteiger partial charge in [-0.3, -0.25) is 14.3 Å².